The number of fused-ring (bicyclic) bond motifs is 1. The van der Waals surface area contributed by atoms with Crippen LogP contribution in [-0.4, -0.2) is 80.2 Å². The summed E-state index contributed by atoms with van der Waals surface area (Å²) < 4.78 is 21.7. The highest BCUT2D eigenvalue weighted by Crippen LogP contribution is 2.44. The lowest BCUT2D eigenvalue weighted by Gasteiger charge is -2.39. The molecule has 0 aliphatic carbocycles. The van der Waals surface area contributed by atoms with E-state index in [2.05, 4.69) is 0 Å². The van der Waals surface area contributed by atoms with Crippen LogP contribution in [0.25, 0.3) is 22.3 Å². The standard InChI is InChI=1S/C22H22O12/c1-31-14-6-13-16(11(26)5-12(32-13)8-2-3-9(24)10(25)4-8)18(28)21(14)34-22-20(30)19(29)17(27)15(7-23)33-22/h2-6,15,17,19-20,22-25,27-30H,7H2,1H3/t15-,17-,19-,20+,22-/m0/s1. The molecule has 4 rings (SSSR count). The van der Waals surface area contributed by atoms with Crippen molar-refractivity contribution in [2.45, 2.75) is 30.7 Å². The van der Waals surface area contributed by atoms with Gasteiger partial charge in [-0.1, -0.05) is 0 Å². The molecule has 0 amide bonds. The van der Waals surface area contributed by atoms with Crippen LogP contribution in [0.15, 0.2) is 39.5 Å². The van der Waals surface area contributed by atoms with Gasteiger partial charge in [0.15, 0.2) is 28.4 Å². The van der Waals surface area contributed by atoms with Gasteiger partial charge in [-0.05, 0) is 18.2 Å². The zero-order chi connectivity index (χ0) is 24.7. The van der Waals surface area contributed by atoms with E-state index in [4.69, 9.17) is 18.6 Å². The first kappa shape index (κ1) is 23.6. The Morgan fingerprint density at radius 1 is 0.971 bits per heavy atom. The van der Waals surface area contributed by atoms with Crippen molar-refractivity contribution in [3.05, 3.63) is 40.6 Å². The predicted molar refractivity (Wildman–Crippen MR) is 114 cm³/mol. The molecule has 5 atom stereocenters. The minimum Gasteiger partial charge on any atom is -0.504 e. The molecule has 0 saturated carbocycles. The maximum Gasteiger partial charge on any atom is 0.229 e. The summed E-state index contributed by atoms with van der Waals surface area (Å²) in [5, 5.41) is 69.2. The van der Waals surface area contributed by atoms with Gasteiger partial charge in [0, 0.05) is 17.7 Å². The van der Waals surface area contributed by atoms with Crippen molar-refractivity contribution in [1.82, 2.24) is 0 Å². The van der Waals surface area contributed by atoms with Gasteiger partial charge >= 0.3 is 0 Å². The van der Waals surface area contributed by atoms with Crippen LogP contribution >= 0.6 is 0 Å². The van der Waals surface area contributed by atoms with E-state index in [9.17, 15) is 40.5 Å². The molecular formula is C22H22O12. The third-order valence-corrected chi connectivity index (χ3v) is 5.48. The number of aliphatic hydroxyl groups is 4. The maximum atomic E-state index is 12.8. The van der Waals surface area contributed by atoms with Crippen LogP contribution in [0.5, 0.6) is 28.7 Å². The van der Waals surface area contributed by atoms with Crippen LogP contribution in [0.2, 0.25) is 0 Å². The van der Waals surface area contributed by atoms with Crippen LogP contribution in [0.3, 0.4) is 0 Å². The molecular weight excluding hydrogens is 456 g/mol. The Labute approximate surface area is 191 Å². The summed E-state index contributed by atoms with van der Waals surface area (Å²) >= 11 is 0. The Bertz CT molecular complexity index is 1270. The van der Waals surface area contributed by atoms with Gasteiger partial charge in [-0.2, -0.15) is 0 Å². The molecule has 0 unspecified atom stereocenters. The van der Waals surface area contributed by atoms with Crippen LogP contribution in [0.4, 0.5) is 0 Å². The van der Waals surface area contributed by atoms with Crippen LogP contribution in [0, 0.1) is 0 Å². The lowest BCUT2D eigenvalue weighted by atomic mass is 9.99. The summed E-state index contributed by atoms with van der Waals surface area (Å²) in [6, 6.07) is 6.10. The van der Waals surface area contributed by atoms with Crippen molar-refractivity contribution in [3.8, 4) is 40.1 Å². The maximum absolute atomic E-state index is 12.8. The fraction of sp³-hybridized carbons (Fsp3) is 0.318. The molecule has 34 heavy (non-hydrogen) atoms. The van der Waals surface area contributed by atoms with Crippen LogP contribution < -0.4 is 14.9 Å². The highest BCUT2D eigenvalue weighted by Gasteiger charge is 2.45. The Morgan fingerprint density at radius 2 is 1.71 bits per heavy atom. The molecule has 12 nitrogen and oxygen atoms in total. The van der Waals surface area contributed by atoms with Gasteiger partial charge < -0.3 is 54.4 Å². The number of hydrogen-bond donors (Lipinski definition) is 7. The first-order valence-electron chi connectivity index (χ1n) is 10.0. The minimum atomic E-state index is -1.77. The van der Waals surface area contributed by atoms with Crippen molar-refractivity contribution in [3.63, 3.8) is 0 Å². The van der Waals surface area contributed by atoms with Crippen LogP contribution in [0.1, 0.15) is 0 Å². The van der Waals surface area contributed by atoms with E-state index >= 15 is 0 Å². The first-order valence-corrected chi connectivity index (χ1v) is 10.0. The third kappa shape index (κ3) is 3.97. The number of aromatic hydroxyl groups is 3. The molecule has 3 aromatic rings. The van der Waals surface area contributed by atoms with E-state index in [1.54, 1.807) is 0 Å². The van der Waals surface area contributed by atoms with Gasteiger partial charge in [0.25, 0.3) is 0 Å². The highest BCUT2D eigenvalue weighted by molar-refractivity contribution is 5.89. The van der Waals surface area contributed by atoms with Crippen molar-refractivity contribution >= 4 is 11.0 Å². The molecule has 0 spiro atoms. The molecule has 12 heteroatoms. The molecule has 0 radical (unpaired) electrons. The topological polar surface area (TPSA) is 200 Å². The lowest BCUT2D eigenvalue weighted by molar-refractivity contribution is -0.277. The molecule has 1 aliphatic rings. The average molecular weight is 478 g/mol. The molecule has 2 heterocycles. The Balaban J connectivity index is 1.78. The first-order chi connectivity index (χ1) is 16.2. The number of phenols is 3. The van der Waals surface area contributed by atoms with Crippen molar-refractivity contribution in [2.75, 3.05) is 13.7 Å². The van der Waals surface area contributed by atoms with Gasteiger partial charge in [0.2, 0.25) is 12.0 Å². The van der Waals surface area contributed by atoms with Crippen molar-refractivity contribution in [2.24, 2.45) is 0 Å². The number of hydrogen-bond acceptors (Lipinski definition) is 12. The molecule has 1 saturated heterocycles. The zero-order valence-corrected chi connectivity index (χ0v) is 17.7. The van der Waals surface area contributed by atoms with Gasteiger partial charge in [0.05, 0.1) is 13.7 Å². The Morgan fingerprint density at radius 3 is 2.35 bits per heavy atom. The van der Waals surface area contributed by atoms with E-state index in [-0.39, 0.29) is 33.8 Å². The second-order valence-corrected chi connectivity index (χ2v) is 7.62. The Kier molecular flexibility index (Phi) is 6.25. The van der Waals surface area contributed by atoms with Crippen molar-refractivity contribution in [1.29, 1.82) is 0 Å². The van der Waals surface area contributed by atoms with Crippen molar-refractivity contribution < 1.29 is 54.4 Å². The number of benzene rings is 2. The number of rotatable bonds is 5. The summed E-state index contributed by atoms with van der Waals surface area (Å²) in [4.78, 5) is 12.8. The molecule has 7 N–H and O–H groups in total. The summed E-state index contributed by atoms with van der Waals surface area (Å²) in [6.07, 6.45) is -8.00. The molecule has 1 aromatic heterocycles. The second kappa shape index (κ2) is 9.00. The van der Waals surface area contributed by atoms with Gasteiger partial charge in [-0.3, -0.25) is 4.79 Å². The fourth-order valence-corrected chi connectivity index (χ4v) is 3.63. The average Bonchev–Trinajstić information content (AvgIpc) is 2.81. The third-order valence-electron chi connectivity index (χ3n) is 5.48. The number of methoxy groups -OCH3 is 1. The van der Waals surface area contributed by atoms with Gasteiger partial charge in [0.1, 0.15) is 41.1 Å². The molecule has 1 fully saturated rings. The largest absolute Gasteiger partial charge is 0.504 e. The SMILES string of the molecule is COc1cc2oc(-c3ccc(O)c(O)c3)cc(=O)c2c(O)c1O[C@@H]1O[C@@H](CO)[C@H](O)[C@H](O)[C@H]1O. The smallest absolute Gasteiger partial charge is 0.229 e. The second-order valence-electron chi connectivity index (χ2n) is 7.62. The van der Waals surface area contributed by atoms with E-state index in [0.29, 0.717) is 0 Å². The van der Waals surface area contributed by atoms with Gasteiger partial charge in [-0.25, -0.2) is 0 Å². The number of phenolic OH excluding ortho intramolecular Hbond substituents is 3. The predicted octanol–water partition coefficient (Wildman–Crippen LogP) is -0.236. The molecule has 182 valence electrons. The summed E-state index contributed by atoms with van der Waals surface area (Å²) in [5.74, 6) is -2.01. The quantitative estimate of drug-likeness (QED) is 0.238. The number of ether oxygens (including phenoxy) is 3. The highest BCUT2D eigenvalue weighted by atomic mass is 16.7. The molecule has 1 aliphatic heterocycles. The van der Waals surface area contributed by atoms with E-state index in [1.165, 1.54) is 31.4 Å². The van der Waals surface area contributed by atoms with E-state index in [1.807, 2.05) is 0 Å². The zero-order valence-electron chi connectivity index (χ0n) is 17.7. The Hall–Kier alpha value is -3.55. The normalized spacial score (nSPS) is 24.8. The van der Waals surface area contributed by atoms with E-state index in [0.717, 1.165) is 6.07 Å². The summed E-state index contributed by atoms with van der Waals surface area (Å²) in [5.41, 5.74) is -0.525. The number of aliphatic hydroxyl groups excluding tert-OH is 4. The van der Waals surface area contributed by atoms with Gasteiger partial charge in [-0.15, -0.1) is 0 Å². The fourth-order valence-electron chi connectivity index (χ4n) is 3.63. The van der Waals surface area contributed by atoms with Crippen LogP contribution in [-0.2, 0) is 4.74 Å². The molecule has 0 bridgehead atoms. The molecule has 2 aromatic carbocycles. The summed E-state index contributed by atoms with van der Waals surface area (Å²) in [6.45, 7) is -0.690. The summed E-state index contributed by atoms with van der Waals surface area (Å²) in [7, 11) is 1.24. The van der Waals surface area contributed by atoms with E-state index < -0.39 is 60.0 Å². The minimum absolute atomic E-state index is 0.0249. The monoisotopic (exact) mass is 478 g/mol. The lowest BCUT2D eigenvalue weighted by Crippen LogP contribution is -2.60.